The van der Waals surface area contributed by atoms with Crippen molar-refractivity contribution in [2.24, 2.45) is 0 Å². The molecule has 0 saturated carbocycles. The van der Waals surface area contributed by atoms with Crippen molar-refractivity contribution in [2.75, 3.05) is 7.05 Å². The molecule has 5 heteroatoms. The molecule has 94 valence electrons. The van der Waals surface area contributed by atoms with E-state index in [0.29, 0.717) is 17.3 Å². The van der Waals surface area contributed by atoms with E-state index < -0.39 is 0 Å². The Labute approximate surface area is 115 Å². The van der Waals surface area contributed by atoms with Crippen LogP contribution in [0.25, 0.3) is 0 Å². The van der Waals surface area contributed by atoms with Crippen LogP contribution in [-0.2, 0) is 6.54 Å². The monoisotopic (exact) mass is 280 g/mol. The molecule has 0 aromatic carbocycles. The van der Waals surface area contributed by atoms with Gasteiger partial charge in [-0.3, -0.25) is 4.79 Å². The van der Waals surface area contributed by atoms with Crippen LogP contribution in [0.15, 0.2) is 29.8 Å². The number of aromatic nitrogens is 1. The van der Waals surface area contributed by atoms with Crippen molar-refractivity contribution < 1.29 is 4.79 Å². The van der Waals surface area contributed by atoms with Crippen molar-refractivity contribution in [3.63, 3.8) is 0 Å². The summed E-state index contributed by atoms with van der Waals surface area (Å²) in [5.41, 5.74) is 1.78. The molecule has 0 N–H and O–H groups in total. The van der Waals surface area contributed by atoms with Crippen molar-refractivity contribution in [2.45, 2.75) is 13.5 Å². The van der Waals surface area contributed by atoms with Gasteiger partial charge in [-0.25, -0.2) is 4.98 Å². The lowest BCUT2D eigenvalue weighted by Gasteiger charge is -2.16. The fourth-order valence-electron chi connectivity index (χ4n) is 1.61. The first-order valence-corrected chi connectivity index (χ1v) is 6.73. The van der Waals surface area contributed by atoms with E-state index in [1.54, 1.807) is 41.6 Å². The molecular formula is C13H13ClN2OS. The van der Waals surface area contributed by atoms with Gasteiger partial charge < -0.3 is 4.90 Å². The third-order valence-corrected chi connectivity index (χ3v) is 3.88. The average Bonchev–Trinajstić information content (AvgIpc) is 2.74. The summed E-state index contributed by atoms with van der Waals surface area (Å²) in [6, 6.07) is 5.31. The summed E-state index contributed by atoms with van der Waals surface area (Å²) in [6.07, 6.45) is 1.54. The molecule has 0 radical (unpaired) electrons. The van der Waals surface area contributed by atoms with Crippen LogP contribution in [0.2, 0.25) is 5.15 Å². The molecule has 3 nitrogen and oxygen atoms in total. The number of halogens is 1. The third-order valence-electron chi connectivity index (χ3n) is 2.67. The highest BCUT2D eigenvalue weighted by atomic mass is 35.5. The minimum absolute atomic E-state index is 0.0490. The number of rotatable bonds is 3. The van der Waals surface area contributed by atoms with Gasteiger partial charge in [-0.2, -0.15) is 0 Å². The van der Waals surface area contributed by atoms with E-state index in [1.807, 2.05) is 12.3 Å². The van der Waals surface area contributed by atoms with E-state index in [9.17, 15) is 4.79 Å². The number of hydrogen-bond acceptors (Lipinski definition) is 3. The highest BCUT2D eigenvalue weighted by molar-refractivity contribution is 7.10. The Balaban J connectivity index is 2.12. The number of aryl methyl sites for hydroxylation is 1. The standard InChI is InChI=1S/C13H13ClN2OS/c1-9-4-6-18-11(9)8-16(2)13(17)10-3-5-15-12(14)7-10/h3-7H,8H2,1-2H3. The Morgan fingerprint density at radius 3 is 2.89 bits per heavy atom. The van der Waals surface area contributed by atoms with Crippen molar-refractivity contribution in [1.29, 1.82) is 0 Å². The van der Waals surface area contributed by atoms with Crippen LogP contribution in [-0.4, -0.2) is 22.8 Å². The van der Waals surface area contributed by atoms with Crippen molar-refractivity contribution in [3.8, 4) is 0 Å². The number of nitrogens with zero attached hydrogens (tertiary/aromatic N) is 2. The number of amides is 1. The van der Waals surface area contributed by atoms with Gasteiger partial charge in [-0.15, -0.1) is 11.3 Å². The van der Waals surface area contributed by atoms with Gasteiger partial charge in [0.1, 0.15) is 5.15 Å². The molecule has 0 aliphatic heterocycles. The van der Waals surface area contributed by atoms with E-state index in [-0.39, 0.29) is 5.91 Å². The number of hydrogen-bond donors (Lipinski definition) is 0. The van der Waals surface area contributed by atoms with Gasteiger partial charge in [0, 0.05) is 23.7 Å². The molecule has 0 aliphatic carbocycles. The maximum Gasteiger partial charge on any atom is 0.254 e. The summed E-state index contributed by atoms with van der Waals surface area (Å²) in [4.78, 5) is 18.9. The molecular weight excluding hydrogens is 268 g/mol. The normalized spacial score (nSPS) is 10.4. The SMILES string of the molecule is Cc1ccsc1CN(C)C(=O)c1ccnc(Cl)c1. The van der Waals surface area contributed by atoms with E-state index in [4.69, 9.17) is 11.6 Å². The highest BCUT2D eigenvalue weighted by Crippen LogP contribution is 2.18. The zero-order chi connectivity index (χ0) is 13.1. The molecule has 2 aromatic rings. The molecule has 0 aliphatic rings. The summed E-state index contributed by atoms with van der Waals surface area (Å²) in [6.45, 7) is 2.66. The fraction of sp³-hybridized carbons (Fsp3) is 0.231. The Hall–Kier alpha value is -1.39. The first-order valence-electron chi connectivity index (χ1n) is 5.48. The first-order chi connectivity index (χ1) is 8.58. The molecule has 0 saturated heterocycles. The zero-order valence-electron chi connectivity index (χ0n) is 10.2. The lowest BCUT2D eigenvalue weighted by Crippen LogP contribution is -2.26. The van der Waals surface area contributed by atoms with Crippen molar-refractivity contribution in [1.82, 2.24) is 9.88 Å². The van der Waals surface area contributed by atoms with Gasteiger partial charge in [-0.05, 0) is 36.1 Å². The van der Waals surface area contributed by atoms with Crippen molar-refractivity contribution in [3.05, 3.63) is 50.9 Å². The first kappa shape index (κ1) is 13.1. The van der Waals surface area contributed by atoms with Gasteiger partial charge in [0.05, 0.1) is 6.54 Å². The quantitative estimate of drug-likeness (QED) is 0.808. The van der Waals surface area contributed by atoms with Crippen LogP contribution < -0.4 is 0 Å². The number of pyridine rings is 1. The smallest absolute Gasteiger partial charge is 0.254 e. The fourth-order valence-corrected chi connectivity index (χ4v) is 2.74. The second-order valence-electron chi connectivity index (χ2n) is 4.06. The molecule has 2 heterocycles. The van der Waals surface area contributed by atoms with E-state index in [2.05, 4.69) is 11.1 Å². The number of carbonyl (C=O) groups excluding carboxylic acids is 1. The van der Waals surface area contributed by atoms with Gasteiger partial charge >= 0.3 is 0 Å². The molecule has 2 rings (SSSR count). The molecule has 0 spiro atoms. The molecule has 0 fully saturated rings. The average molecular weight is 281 g/mol. The second kappa shape index (κ2) is 5.50. The van der Waals surface area contributed by atoms with Gasteiger partial charge in [0.25, 0.3) is 5.91 Å². The lowest BCUT2D eigenvalue weighted by molar-refractivity contribution is 0.0786. The number of carbonyl (C=O) groups is 1. The van der Waals surface area contributed by atoms with Crippen LogP contribution in [0.3, 0.4) is 0 Å². The summed E-state index contributed by atoms with van der Waals surface area (Å²) in [5.74, 6) is -0.0490. The second-order valence-corrected chi connectivity index (χ2v) is 5.44. The van der Waals surface area contributed by atoms with E-state index in [1.165, 1.54) is 10.4 Å². The van der Waals surface area contributed by atoms with Crippen LogP contribution in [0.4, 0.5) is 0 Å². The Bertz CT molecular complexity index is 568. The van der Waals surface area contributed by atoms with Crippen LogP contribution in [0.1, 0.15) is 20.8 Å². The largest absolute Gasteiger partial charge is 0.337 e. The molecule has 18 heavy (non-hydrogen) atoms. The third kappa shape index (κ3) is 2.89. The zero-order valence-corrected chi connectivity index (χ0v) is 11.8. The summed E-state index contributed by atoms with van der Waals surface area (Å²) in [5, 5.41) is 2.37. The van der Waals surface area contributed by atoms with E-state index in [0.717, 1.165) is 0 Å². The van der Waals surface area contributed by atoms with E-state index >= 15 is 0 Å². The Morgan fingerprint density at radius 1 is 1.50 bits per heavy atom. The maximum atomic E-state index is 12.2. The summed E-state index contributed by atoms with van der Waals surface area (Å²) >= 11 is 7.44. The minimum atomic E-state index is -0.0490. The Kier molecular flexibility index (Phi) is 3.99. The maximum absolute atomic E-state index is 12.2. The topological polar surface area (TPSA) is 33.2 Å². The van der Waals surface area contributed by atoms with Gasteiger partial charge in [0.15, 0.2) is 0 Å². The minimum Gasteiger partial charge on any atom is -0.337 e. The molecule has 0 unspecified atom stereocenters. The van der Waals surface area contributed by atoms with Gasteiger partial charge in [-0.1, -0.05) is 11.6 Å². The van der Waals surface area contributed by atoms with Crippen LogP contribution in [0, 0.1) is 6.92 Å². The Morgan fingerprint density at radius 2 is 2.28 bits per heavy atom. The number of thiophene rings is 1. The molecule has 0 atom stereocenters. The van der Waals surface area contributed by atoms with Crippen molar-refractivity contribution >= 4 is 28.8 Å². The predicted molar refractivity (Wildman–Crippen MR) is 74.1 cm³/mol. The van der Waals surface area contributed by atoms with Gasteiger partial charge in [0.2, 0.25) is 0 Å². The highest BCUT2D eigenvalue weighted by Gasteiger charge is 2.13. The lowest BCUT2D eigenvalue weighted by atomic mass is 10.2. The molecule has 1 amide bonds. The summed E-state index contributed by atoms with van der Waals surface area (Å²) in [7, 11) is 1.79. The summed E-state index contributed by atoms with van der Waals surface area (Å²) < 4.78 is 0. The molecule has 2 aromatic heterocycles. The predicted octanol–water partition coefficient (Wildman–Crippen LogP) is 3.38. The molecule has 0 bridgehead atoms. The van der Waals surface area contributed by atoms with Crippen LogP contribution >= 0.6 is 22.9 Å². The van der Waals surface area contributed by atoms with Crippen LogP contribution in [0.5, 0.6) is 0 Å².